The fourth-order valence-electron chi connectivity index (χ4n) is 1.46. The molecule has 0 heterocycles. The molecule has 0 aliphatic rings. The van der Waals surface area contributed by atoms with Crippen LogP contribution in [0.25, 0.3) is 0 Å². The first-order valence-corrected chi connectivity index (χ1v) is 6.95. The lowest BCUT2D eigenvalue weighted by molar-refractivity contribution is -0.129. The Morgan fingerprint density at radius 3 is 2.24 bits per heavy atom. The van der Waals surface area contributed by atoms with Gasteiger partial charge in [0, 0.05) is 5.02 Å². The summed E-state index contributed by atoms with van der Waals surface area (Å²) >= 11 is 5.76. The Hall–Kier alpha value is -1.87. The third kappa shape index (κ3) is 5.56. The van der Waals surface area contributed by atoms with E-state index in [-0.39, 0.29) is 5.78 Å². The van der Waals surface area contributed by atoms with Gasteiger partial charge in [-0.15, -0.1) is 0 Å². The van der Waals surface area contributed by atoms with Crippen LogP contribution in [-0.2, 0) is 9.53 Å². The largest absolute Gasteiger partial charge is 0.448 e. The van der Waals surface area contributed by atoms with Crippen molar-refractivity contribution in [3.63, 3.8) is 0 Å². The molecular weight excluding hydrogens is 288 g/mol. The molecule has 0 atom stereocenters. The molecule has 0 unspecified atom stereocenters. The molecule has 3 nitrogen and oxygen atoms in total. The highest BCUT2D eigenvalue weighted by Gasteiger charge is 2.30. The van der Waals surface area contributed by atoms with Gasteiger partial charge in [0.05, 0.1) is 5.56 Å². The Balaban J connectivity index is 2.77. The topological polar surface area (TPSA) is 43.4 Å². The Labute approximate surface area is 130 Å². The first-order valence-electron chi connectivity index (χ1n) is 6.57. The molecule has 4 heteroatoms. The molecule has 1 rings (SSSR count). The van der Waals surface area contributed by atoms with E-state index in [1.807, 2.05) is 19.9 Å². The molecular formula is C17H19ClO3. The molecule has 0 saturated carbocycles. The van der Waals surface area contributed by atoms with Crippen molar-refractivity contribution in [2.45, 2.75) is 33.3 Å². The average Bonchev–Trinajstić information content (AvgIpc) is 2.38. The number of ketones is 1. The molecule has 0 saturated heterocycles. The third-order valence-corrected chi connectivity index (χ3v) is 2.95. The van der Waals surface area contributed by atoms with Crippen molar-refractivity contribution < 1.29 is 14.3 Å². The van der Waals surface area contributed by atoms with Crippen LogP contribution in [0, 0.1) is 0 Å². The van der Waals surface area contributed by atoms with E-state index in [2.05, 4.69) is 0 Å². The van der Waals surface area contributed by atoms with E-state index in [1.165, 1.54) is 6.08 Å². The van der Waals surface area contributed by atoms with Crippen molar-refractivity contribution in [2.24, 2.45) is 0 Å². The molecule has 0 aliphatic carbocycles. The molecule has 21 heavy (non-hydrogen) atoms. The number of carbonyl (C=O) groups excluding carboxylic acids is 2. The molecule has 1 aromatic rings. The molecule has 112 valence electrons. The van der Waals surface area contributed by atoms with E-state index in [4.69, 9.17) is 16.3 Å². The van der Waals surface area contributed by atoms with Crippen molar-refractivity contribution in [2.75, 3.05) is 0 Å². The average molecular weight is 307 g/mol. The Morgan fingerprint density at radius 1 is 1.14 bits per heavy atom. The number of carbonyl (C=O) groups is 2. The minimum absolute atomic E-state index is 0.276. The summed E-state index contributed by atoms with van der Waals surface area (Å²) in [4.78, 5) is 24.1. The first-order chi connectivity index (χ1) is 9.72. The van der Waals surface area contributed by atoms with Crippen LogP contribution < -0.4 is 0 Å². The zero-order chi connectivity index (χ0) is 16.0. The van der Waals surface area contributed by atoms with Crippen LogP contribution in [-0.4, -0.2) is 17.4 Å². The third-order valence-electron chi connectivity index (χ3n) is 2.70. The molecule has 0 bridgehead atoms. The van der Waals surface area contributed by atoms with Gasteiger partial charge in [0.2, 0.25) is 0 Å². The molecule has 0 spiro atoms. The maximum atomic E-state index is 12.1. The first kappa shape index (κ1) is 17.2. The van der Waals surface area contributed by atoms with Gasteiger partial charge in [0.1, 0.15) is 0 Å². The summed E-state index contributed by atoms with van der Waals surface area (Å²) in [5.74, 6) is -0.831. The second-order valence-electron chi connectivity index (χ2n) is 5.37. The Morgan fingerprint density at radius 2 is 1.71 bits per heavy atom. The number of hydrogen-bond donors (Lipinski definition) is 0. The minimum Gasteiger partial charge on any atom is -0.448 e. The molecule has 0 aliphatic heterocycles. The second-order valence-corrected chi connectivity index (χ2v) is 5.81. The van der Waals surface area contributed by atoms with Crippen LogP contribution in [0.5, 0.6) is 0 Å². The molecule has 0 radical (unpaired) electrons. The Bertz CT molecular complexity index is 577. The molecule has 1 aromatic carbocycles. The van der Waals surface area contributed by atoms with Gasteiger partial charge in [-0.3, -0.25) is 4.79 Å². The maximum absolute atomic E-state index is 12.1. The second kappa shape index (κ2) is 7.23. The van der Waals surface area contributed by atoms with Crippen molar-refractivity contribution in [3.8, 4) is 0 Å². The van der Waals surface area contributed by atoms with Gasteiger partial charge >= 0.3 is 5.97 Å². The lowest BCUT2D eigenvalue weighted by Crippen LogP contribution is -2.36. The molecule has 0 amide bonds. The standard InChI is InChI=1S/C17H19ClO3/c1-12(2)6-5-7-15(19)17(3,4)21-16(20)13-8-10-14(18)11-9-13/h5-11H,1-4H3/b7-5+. The van der Waals surface area contributed by atoms with Crippen molar-refractivity contribution in [1.29, 1.82) is 0 Å². The van der Waals surface area contributed by atoms with Gasteiger partial charge in [-0.2, -0.15) is 0 Å². The van der Waals surface area contributed by atoms with E-state index in [1.54, 1.807) is 44.2 Å². The SMILES string of the molecule is CC(C)=C/C=C/C(=O)C(C)(C)OC(=O)c1ccc(Cl)cc1. The van der Waals surface area contributed by atoms with E-state index < -0.39 is 11.6 Å². The van der Waals surface area contributed by atoms with E-state index in [9.17, 15) is 9.59 Å². The number of esters is 1. The summed E-state index contributed by atoms with van der Waals surface area (Å²) < 4.78 is 5.28. The van der Waals surface area contributed by atoms with Gasteiger partial charge < -0.3 is 4.74 Å². The summed E-state index contributed by atoms with van der Waals surface area (Å²) in [5, 5.41) is 0.534. The molecule has 0 fully saturated rings. The lowest BCUT2D eigenvalue weighted by Gasteiger charge is -2.22. The smallest absolute Gasteiger partial charge is 0.339 e. The van der Waals surface area contributed by atoms with Crippen LogP contribution in [0.3, 0.4) is 0 Å². The highest BCUT2D eigenvalue weighted by atomic mass is 35.5. The fourth-order valence-corrected chi connectivity index (χ4v) is 1.58. The van der Waals surface area contributed by atoms with Crippen LogP contribution in [0.1, 0.15) is 38.1 Å². The number of hydrogen-bond acceptors (Lipinski definition) is 3. The summed E-state index contributed by atoms with van der Waals surface area (Å²) in [5.41, 5.74) is 0.214. The van der Waals surface area contributed by atoms with Crippen LogP contribution in [0.2, 0.25) is 5.02 Å². The van der Waals surface area contributed by atoms with E-state index in [0.29, 0.717) is 10.6 Å². The predicted octanol–water partition coefficient (Wildman–Crippen LogP) is 4.37. The zero-order valence-corrected chi connectivity index (χ0v) is 13.4. The van der Waals surface area contributed by atoms with Crippen molar-refractivity contribution in [1.82, 2.24) is 0 Å². The van der Waals surface area contributed by atoms with Crippen molar-refractivity contribution in [3.05, 3.63) is 58.7 Å². The van der Waals surface area contributed by atoms with Gasteiger partial charge in [0.25, 0.3) is 0 Å². The van der Waals surface area contributed by atoms with Gasteiger partial charge in [0.15, 0.2) is 11.4 Å². The fraction of sp³-hybridized carbons (Fsp3) is 0.294. The highest BCUT2D eigenvalue weighted by molar-refractivity contribution is 6.30. The number of rotatable bonds is 5. The predicted molar refractivity (Wildman–Crippen MR) is 84.5 cm³/mol. The van der Waals surface area contributed by atoms with Gasteiger partial charge in [-0.25, -0.2) is 4.79 Å². The Kier molecular flexibility index (Phi) is 5.91. The normalized spacial score (nSPS) is 11.3. The number of allylic oxidation sites excluding steroid dienone is 3. The maximum Gasteiger partial charge on any atom is 0.339 e. The number of halogens is 1. The van der Waals surface area contributed by atoms with Crippen LogP contribution in [0.15, 0.2) is 48.1 Å². The number of benzene rings is 1. The number of ether oxygens (including phenoxy) is 1. The van der Waals surface area contributed by atoms with Crippen LogP contribution in [0.4, 0.5) is 0 Å². The van der Waals surface area contributed by atoms with E-state index in [0.717, 1.165) is 5.57 Å². The summed E-state index contributed by atoms with van der Waals surface area (Å²) in [7, 11) is 0. The summed E-state index contributed by atoms with van der Waals surface area (Å²) in [6.45, 7) is 6.99. The minimum atomic E-state index is -1.22. The monoisotopic (exact) mass is 306 g/mol. The van der Waals surface area contributed by atoms with Crippen molar-refractivity contribution >= 4 is 23.4 Å². The molecule has 0 aromatic heterocycles. The summed E-state index contributed by atoms with van der Waals surface area (Å²) in [6.07, 6.45) is 4.87. The molecule has 0 N–H and O–H groups in total. The van der Waals surface area contributed by atoms with Gasteiger partial charge in [-0.05, 0) is 58.0 Å². The zero-order valence-electron chi connectivity index (χ0n) is 12.6. The lowest BCUT2D eigenvalue weighted by atomic mass is 10.0. The van der Waals surface area contributed by atoms with E-state index >= 15 is 0 Å². The highest BCUT2D eigenvalue weighted by Crippen LogP contribution is 2.17. The quantitative estimate of drug-likeness (QED) is 0.461. The van der Waals surface area contributed by atoms with Crippen LogP contribution >= 0.6 is 11.6 Å². The van der Waals surface area contributed by atoms with Gasteiger partial charge in [-0.1, -0.05) is 29.3 Å². The summed E-state index contributed by atoms with van der Waals surface area (Å²) in [6, 6.07) is 6.32.